The highest BCUT2D eigenvalue weighted by Crippen LogP contribution is 2.29. The summed E-state index contributed by atoms with van der Waals surface area (Å²) in [5.41, 5.74) is 1.06. The minimum atomic E-state index is -0.514. The fourth-order valence-corrected chi connectivity index (χ4v) is 3.82. The van der Waals surface area contributed by atoms with E-state index in [9.17, 15) is 18.8 Å². The van der Waals surface area contributed by atoms with Crippen LogP contribution in [0.15, 0.2) is 42.5 Å². The minimum absolute atomic E-state index is 0.184. The van der Waals surface area contributed by atoms with E-state index in [1.807, 2.05) is 0 Å². The molecule has 29 heavy (non-hydrogen) atoms. The third-order valence-corrected chi connectivity index (χ3v) is 5.37. The Balaban J connectivity index is 1.42. The molecule has 0 saturated carbocycles. The lowest BCUT2D eigenvalue weighted by Gasteiger charge is -2.14. The van der Waals surface area contributed by atoms with Gasteiger partial charge in [-0.05, 0) is 81.4 Å². The topological polar surface area (TPSA) is 69.7 Å². The van der Waals surface area contributed by atoms with Crippen molar-refractivity contribution in [3.8, 4) is 0 Å². The van der Waals surface area contributed by atoms with Gasteiger partial charge in [0.25, 0.3) is 17.7 Å². The molecular weight excluding hydrogens is 373 g/mol. The Hall–Kier alpha value is -3.06. The molecule has 2 aromatic carbocycles. The van der Waals surface area contributed by atoms with Crippen molar-refractivity contribution in [2.24, 2.45) is 0 Å². The molecule has 2 aliphatic heterocycles. The average Bonchev–Trinajstić information content (AvgIpc) is 3.33. The molecule has 2 heterocycles. The van der Waals surface area contributed by atoms with Gasteiger partial charge in [0, 0.05) is 12.1 Å². The highest BCUT2D eigenvalue weighted by Gasteiger charge is 2.37. The number of imide groups is 1. The minimum Gasteiger partial charge on any atom is -0.352 e. The van der Waals surface area contributed by atoms with Crippen molar-refractivity contribution in [2.45, 2.75) is 19.3 Å². The number of hydrogen-bond donors (Lipinski definition) is 1. The monoisotopic (exact) mass is 395 g/mol. The maximum atomic E-state index is 13.2. The number of carbonyl (C=O) groups is 3. The van der Waals surface area contributed by atoms with Gasteiger partial charge in [-0.1, -0.05) is 0 Å². The van der Waals surface area contributed by atoms with Crippen LogP contribution < -0.4 is 10.2 Å². The molecule has 0 aromatic heterocycles. The highest BCUT2D eigenvalue weighted by molar-refractivity contribution is 6.34. The van der Waals surface area contributed by atoms with E-state index in [2.05, 4.69) is 10.2 Å². The summed E-state index contributed by atoms with van der Waals surface area (Å²) in [6.45, 7) is 3.77. The van der Waals surface area contributed by atoms with Gasteiger partial charge in [-0.2, -0.15) is 0 Å². The second-order valence-corrected chi connectivity index (χ2v) is 7.34. The van der Waals surface area contributed by atoms with Crippen molar-refractivity contribution < 1.29 is 18.8 Å². The first-order valence-corrected chi connectivity index (χ1v) is 9.83. The van der Waals surface area contributed by atoms with Crippen LogP contribution in [0.1, 0.15) is 50.3 Å². The second-order valence-electron chi connectivity index (χ2n) is 7.34. The summed E-state index contributed by atoms with van der Waals surface area (Å²) < 4.78 is 13.2. The van der Waals surface area contributed by atoms with Gasteiger partial charge < -0.3 is 10.2 Å². The Labute approximate surface area is 168 Å². The van der Waals surface area contributed by atoms with Crippen LogP contribution in [0.3, 0.4) is 0 Å². The maximum Gasteiger partial charge on any atom is 0.266 e. The summed E-state index contributed by atoms with van der Waals surface area (Å²) in [4.78, 5) is 41.2. The van der Waals surface area contributed by atoms with Gasteiger partial charge in [-0.3, -0.25) is 14.4 Å². The van der Waals surface area contributed by atoms with Gasteiger partial charge in [-0.25, -0.2) is 9.29 Å². The summed E-state index contributed by atoms with van der Waals surface area (Å²) in [6.07, 6.45) is 3.35. The van der Waals surface area contributed by atoms with Crippen LogP contribution in [0.5, 0.6) is 0 Å². The molecular formula is C22H22FN3O3. The molecule has 150 valence electrons. The number of hydrogen-bond acceptors (Lipinski definition) is 4. The van der Waals surface area contributed by atoms with Gasteiger partial charge >= 0.3 is 0 Å². The largest absolute Gasteiger partial charge is 0.352 e. The Morgan fingerprint density at radius 3 is 2.38 bits per heavy atom. The molecule has 1 fully saturated rings. The lowest BCUT2D eigenvalue weighted by Crippen LogP contribution is -2.29. The SMILES string of the molecule is O=C(NCCCN1CCCC1)c1ccc2c(c1)C(=O)N(c1ccc(F)cc1)C2=O. The van der Waals surface area contributed by atoms with E-state index in [1.54, 1.807) is 6.07 Å². The number of rotatable bonds is 6. The van der Waals surface area contributed by atoms with E-state index in [0.29, 0.717) is 17.8 Å². The van der Waals surface area contributed by atoms with Crippen LogP contribution >= 0.6 is 0 Å². The number of carbonyl (C=O) groups excluding carboxylic acids is 3. The smallest absolute Gasteiger partial charge is 0.266 e. The van der Waals surface area contributed by atoms with Gasteiger partial charge in [0.05, 0.1) is 16.8 Å². The van der Waals surface area contributed by atoms with Gasteiger partial charge in [0.15, 0.2) is 0 Å². The normalized spacial score (nSPS) is 16.4. The number of likely N-dealkylation sites (tertiary alicyclic amines) is 1. The Kier molecular flexibility index (Phi) is 5.40. The molecule has 0 unspecified atom stereocenters. The lowest BCUT2D eigenvalue weighted by molar-refractivity contribution is 0.0923. The van der Waals surface area contributed by atoms with Crippen molar-refractivity contribution in [3.05, 3.63) is 65.0 Å². The number of fused-ring (bicyclic) bond motifs is 1. The first-order valence-electron chi connectivity index (χ1n) is 9.83. The fourth-order valence-electron chi connectivity index (χ4n) is 3.82. The predicted octanol–water partition coefficient (Wildman–Crippen LogP) is 2.84. The van der Waals surface area contributed by atoms with Crippen LogP contribution in [0.2, 0.25) is 0 Å². The van der Waals surface area contributed by atoms with Crippen molar-refractivity contribution in [1.82, 2.24) is 10.2 Å². The third-order valence-electron chi connectivity index (χ3n) is 5.37. The molecule has 0 spiro atoms. The number of anilines is 1. The summed E-state index contributed by atoms with van der Waals surface area (Å²) in [6, 6.07) is 9.65. The molecule has 7 heteroatoms. The number of nitrogens with one attached hydrogen (secondary N) is 1. The third kappa shape index (κ3) is 3.91. The molecule has 3 amide bonds. The van der Waals surface area contributed by atoms with Crippen molar-refractivity contribution in [3.63, 3.8) is 0 Å². The summed E-state index contributed by atoms with van der Waals surface area (Å²) in [7, 11) is 0. The molecule has 2 aromatic rings. The maximum absolute atomic E-state index is 13.2. The standard InChI is InChI=1S/C22H22FN3O3/c23-16-5-7-17(8-6-16)26-21(28)18-9-4-15(14-19(18)22(26)29)20(27)24-10-3-13-25-11-1-2-12-25/h4-9,14H,1-3,10-13H2,(H,24,27). The molecule has 6 nitrogen and oxygen atoms in total. The van der Waals surface area contributed by atoms with Crippen molar-refractivity contribution >= 4 is 23.4 Å². The first-order chi connectivity index (χ1) is 14.0. The van der Waals surface area contributed by atoms with E-state index in [-0.39, 0.29) is 17.0 Å². The zero-order chi connectivity index (χ0) is 20.4. The van der Waals surface area contributed by atoms with Gasteiger partial charge in [0.1, 0.15) is 5.82 Å². The molecule has 1 saturated heterocycles. The van der Waals surface area contributed by atoms with E-state index >= 15 is 0 Å². The van der Waals surface area contributed by atoms with E-state index in [1.165, 1.54) is 49.2 Å². The van der Waals surface area contributed by atoms with Crippen LogP contribution in [0.4, 0.5) is 10.1 Å². The molecule has 1 N–H and O–H groups in total. The number of halogens is 1. The van der Waals surface area contributed by atoms with E-state index in [4.69, 9.17) is 0 Å². The van der Waals surface area contributed by atoms with Crippen molar-refractivity contribution in [1.29, 1.82) is 0 Å². The van der Waals surface area contributed by atoms with Gasteiger partial charge in [0.2, 0.25) is 0 Å². The van der Waals surface area contributed by atoms with Gasteiger partial charge in [-0.15, -0.1) is 0 Å². The number of amides is 3. The summed E-state index contributed by atoms with van der Waals surface area (Å²) in [5, 5.41) is 2.87. The molecule has 0 radical (unpaired) electrons. The summed E-state index contributed by atoms with van der Waals surface area (Å²) >= 11 is 0. The highest BCUT2D eigenvalue weighted by atomic mass is 19.1. The zero-order valence-corrected chi connectivity index (χ0v) is 16.0. The van der Waals surface area contributed by atoms with Crippen LogP contribution in [0, 0.1) is 5.82 Å². The molecule has 4 rings (SSSR count). The zero-order valence-electron chi connectivity index (χ0n) is 16.0. The Morgan fingerprint density at radius 1 is 0.966 bits per heavy atom. The van der Waals surface area contributed by atoms with E-state index in [0.717, 1.165) is 31.0 Å². The Bertz CT molecular complexity index is 952. The lowest BCUT2D eigenvalue weighted by atomic mass is 10.1. The van der Waals surface area contributed by atoms with E-state index < -0.39 is 17.6 Å². The first kappa shape index (κ1) is 19.3. The second kappa shape index (κ2) is 8.13. The molecule has 0 aliphatic carbocycles. The molecule has 0 bridgehead atoms. The van der Waals surface area contributed by atoms with Crippen LogP contribution in [-0.4, -0.2) is 48.8 Å². The van der Waals surface area contributed by atoms with Crippen LogP contribution in [-0.2, 0) is 0 Å². The molecule has 2 aliphatic rings. The Morgan fingerprint density at radius 2 is 1.66 bits per heavy atom. The number of benzene rings is 2. The average molecular weight is 395 g/mol. The molecule has 0 atom stereocenters. The number of nitrogens with zero attached hydrogens (tertiary/aromatic N) is 2. The summed E-state index contributed by atoms with van der Waals surface area (Å²) in [5.74, 6) is -1.71. The van der Waals surface area contributed by atoms with Crippen molar-refractivity contribution in [2.75, 3.05) is 31.1 Å². The predicted molar refractivity (Wildman–Crippen MR) is 107 cm³/mol. The fraction of sp³-hybridized carbons (Fsp3) is 0.318. The van der Waals surface area contributed by atoms with Crippen LogP contribution in [0.25, 0.3) is 0 Å². The quantitative estimate of drug-likeness (QED) is 0.603.